The van der Waals surface area contributed by atoms with Gasteiger partial charge in [0.05, 0.1) is 18.7 Å². The standard InChI is InChI=1S/C28H24N2O4/c1-34-21-13-11-19(12-14-21)26(31)24-25(18-7-3-2-4-8-18)30(28(33)27(24)32)16-15-20-17-29-23-10-6-5-9-22(20)23/h2-14,17,25,29,31H,15-16H2,1H3/b26-24+. The van der Waals surface area contributed by atoms with E-state index in [9.17, 15) is 14.7 Å². The van der Waals surface area contributed by atoms with Crippen molar-refractivity contribution < 1.29 is 19.4 Å². The summed E-state index contributed by atoms with van der Waals surface area (Å²) in [6.45, 7) is 0.339. The molecule has 0 aliphatic carbocycles. The lowest BCUT2D eigenvalue weighted by molar-refractivity contribution is -0.139. The number of methoxy groups -OCH3 is 1. The lowest BCUT2D eigenvalue weighted by Crippen LogP contribution is -2.31. The van der Waals surface area contributed by atoms with Crippen LogP contribution in [0.3, 0.4) is 0 Å². The number of H-pyrrole nitrogens is 1. The van der Waals surface area contributed by atoms with Gasteiger partial charge in [0.15, 0.2) is 0 Å². The third-order valence-corrected chi connectivity index (χ3v) is 6.32. The van der Waals surface area contributed by atoms with Crippen LogP contribution in [0.1, 0.15) is 22.7 Å². The fourth-order valence-corrected chi connectivity index (χ4v) is 4.58. The number of benzene rings is 3. The number of carbonyl (C=O) groups is 2. The van der Waals surface area contributed by atoms with Crippen molar-refractivity contribution in [2.24, 2.45) is 0 Å². The fraction of sp³-hybridized carbons (Fsp3) is 0.143. The number of para-hydroxylation sites is 1. The largest absolute Gasteiger partial charge is 0.507 e. The average Bonchev–Trinajstić information content (AvgIpc) is 3.41. The highest BCUT2D eigenvalue weighted by Gasteiger charge is 2.45. The predicted octanol–water partition coefficient (Wildman–Crippen LogP) is 4.84. The maximum Gasteiger partial charge on any atom is 0.295 e. The molecule has 3 aromatic carbocycles. The van der Waals surface area contributed by atoms with Gasteiger partial charge in [-0.3, -0.25) is 9.59 Å². The van der Waals surface area contributed by atoms with Gasteiger partial charge in [-0.25, -0.2) is 0 Å². The van der Waals surface area contributed by atoms with Crippen molar-refractivity contribution in [2.45, 2.75) is 12.5 Å². The van der Waals surface area contributed by atoms with Crippen LogP contribution in [-0.4, -0.2) is 40.3 Å². The van der Waals surface area contributed by atoms with Crippen molar-refractivity contribution in [2.75, 3.05) is 13.7 Å². The number of amides is 1. The number of carbonyl (C=O) groups excluding carboxylic acids is 2. The number of rotatable bonds is 6. The Morgan fingerprint density at radius 3 is 2.41 bits per heavy atom. The third-order valence-electron chi connectivity index (χ3n) is 6.32. The maximum absolute atomic E-state index is 13.2. The zero-order valence-electron chi connectivity index (χ0n) is 18.7. The number of ether oxygens (including phenoxy) is 1. The number of hydrogen-bond donors (Lipinski definition) is 2. The summed E-state index contributed by atoms with van der Waals surface area (Å²) < 4.78 is 5.19. The number of fused-ring (bicyclic) bond motifs is 1. The molecule has 4 aromatic rings. The van der Waals surface area contributed by atoms with Gasteiger partial charge in [-0.05, 0) is 47.9 Å². The summed E-state index contributed by atoms with van der Waals surface area (Å²) in [4.78, 5) is 31.2. The van der Waals surface area contributed by atoms with E-state index in [2.05, 4.69) is 4.98 Å². The SMILES string of the molecule is COc1ccc(/C(O)=C2\C(=O)C(=O)N(CCc3c[nH]c4ccccc34)C2c2ccccc2)cc1. The molecule has 5 rings (SSSR count). The second-order valence-corrected chi connectivity index (χ2v) is 8.24. The molecule has 170 valence electrons. The van der Waals surface area contributed by atoms with Gasteiger partial charge in [-0.15, -0.1) is 0 Å². The number of ketones is 1. The first kappa shape index (κ1) is 21.5. The van der Waals surface area contributed by atoms with Crippen LogP contribution in [0.15, 0.2) is 90.6 Å². The van der Waals surface area contributed by atoms with E-state index in [0.717, 1.165) is 22.0 Å². The van der Waals surface area contributed by atoms with Gasteiger partial charge in [0.25, 0.3) is 11.7 Å². The number of nitrogens with zero attached hydrogens (tertiary/aromatic N) is 1. The van der Waals surface area contributed by atoms with E-state index in [0.29, 0.717) is 24.3 Å². The van der Waals surface area contributed by atoms with Gasteiger partial charge in [0, 0.05) is 29.2 Å². The summed E-state index contributed by atoms with van der Waals surface area (Å²) in [5.74, 6) is -0.843. The molecule has 1 aromatic heterocycles. The first-order valence-electron chi connectivity index (χ1n) is 11.1. The summed E-state index contributed by atoms with van der Waals surface area (Å²) in [5, 5.41) is 12.2. The minimum absolute atomic E-state index is 0.0975. The molecule has 34 heavy (non-hydrogen) atoms. The molecule has 0 radical (unpaired) electrons. The number of aromatic nitrogens is 1. The van der Waals surface area contributed by atoms with Crippen LogP contribution in [-0.2, 0) is 16.0 Å². The van der Waals surface area contributed by atoms with E-state index >= 15 is 0 Å². The lowest BCUT2D eigenvalue weighted by atomic mass is 9.95. The summed E-state index contributed by atoms with van der Waals surface area (Å²) in [7, 11) is 1.56. The highest BCUT2D eigenvalue weighted by atomic mass is 16.5. The molecular weight excluding hydrogens is 428 g/mol. The molecule has 1 aliphatic rings. The molecular formula is C28H24N2O4. The van der Waals surface area contributed by atoms with E-state index < -0.39 is 17.7 Å². The number of hydrogen-bond acceptors (Lipinski definition) is 4. The Hall–Kier alpha value is -4.32. The molecule has 0 saturated carbocycles. The molecule has 2 N–H and O–H groups in total. The van der Waals surface area contributed by atoms with Crippen molar-refractivity contribution in [3.05, 3.63) is 107 Å². The van der Waals surface area contributed by atoms with Gasteiger partial charge >= 0.3 is 0 Å². The molecule has 6 heteroatoms. The Kier molecular flexibility index (Phi) is 5.64. The van der Waals surface area contributed by atoms with E-state index in [-0.39, 0.29) is 11.3 Å². The molecule has 2 heterocycles. The molecule has 1 amide bonds. The third kappa shape index (κ3) is 3.73. The first-order chi connectivity index (χ1) is 16.6. The summed E-state index contributed by atoms with van der Waals surface area (Å²) in [6, 6.07) is 23.4. The Bertz CT molecular complexity index is 1390. The van der Waals surface area contributed by atoms with E-state index in [1.807, 2.05) is 60.8 Å². The van der Waals surface area contributed by atoms with Gasteiger partial charge in [-0.2, -0.15) is 0 Å². The number of aliphatic hydroxyl groups is 1. The van der Waals surface area contributed by atoms with Crippen LogP contribution in [0.5, 0.6) is 5.75 Å². The van der Waals surface area contributed by atoms with Gasteiger partial charge in [-0.1, -0.05) is 48.5 Å². The van der Waals surface area contributed by atoms with E-state index in [1.54, 1.807) is 36.3 Å². The van der Waals surface area contributed by atoms with Crippen molar-refractivity contribution in [3.8, 4) is 5.75 Å². The second kappa shape index (κ2) is 8.90. The average molecular weight is 453 g/mol. The number of likely N-dealkylation sites (tertiary alicyclic amines) is 1. The van der Waals surface area contributed by atoms with Crippen molar-refractivity contribution >= 4 is 28.4 Å². The summed E-state index contributed by atoms with van der Waals surface area (Å²) in [5.41, 5.74) is 3.42. The summed E-state index contributed by atoms with van der Waals surface area (Å²) in [6.07, 6.45) is 2.51. The minimum atomic E-state index is -0.680. The molecule has 1 aliphatic heterocycles. The molecule has 0 bridgehead atoms. The van der Waals surface area contributed by atoms with E-state index in [1.165, 1.54) is 0 Å². The number of aliphatic hydroxyl groups excluding tert-OH is 1. The molecule has 6 nitrogen and oxygen atoms in total. The molecule has 1 atom stereocenters. The van der Waals surface area contributed by atoms with Crippen LogP contribution in [0.25, 0.3) is 16.7 Å². The molecule has 1 unspecified atom stereocenters. The smallest absolute Gasteiger partial charge is 0.295 e. The van der Waals surface area contributed by atoms with Crippen LogP contribution < -0.4 is 4.74 Å². The van der Waals surface area contributed by atoms with Crippen molar-refractivity contribution in [1.29, 1.82) is 0 Å². The zero-order chi connectivity index (χ0) is 23.7. The minimum Gasteiger partial charge on any atom is -0.507 e. The van der Waals surface area contributed by atoms with Crippen molar-refractivity contribution in [3.63, 3.8) is 0 Å². The topological polar surface area (TPSA) is 82.6 Å². The Labute approximate surface area is 197 Å². The highest BCUT2D eigenvalue weighted by Crippen LogP contribution is 2.39. The zero-order valence-corrected chi connectivity index (χ0v) is 18.7. The van der Waals surface area contributed by atoms with E-state index in [4.69, 9.17) is 4.74 Å². The van der Waals surface area contributed by atoms with Crippen LogP contribution >= 0.6 is 0 Å². The Balaban J connectivity index is 1.54. The quantitative estimate of drug-likeness (QED) is 0.249. The number of Topliss-reactive ketones (excluding diaryl/α,β-unsaturated/α-hetero) is 1. The fourth-order valence-electron chi connectivity index (χ4n) is 4.58. The van der Waals surface area contributed by atoms with Crippen LogP contribution in [0.4, 0.5) is 0 Å². The van der Waals surface area contributed by atoms with Crippen LogP contribution in [0, 0.1) is 0 Å². The molecule has 1 fully saturated rings. The Morgan fingerprint density at radius 1 is 0.971 bits per heavy atom. The monoisotopic (exact) mass is 452 g/mol. The van der Waals surface area contributed by atoms with Crippen LogP contribution in [0.2, 0.25) is 0 Å². The normalized spacial score (nSPS) is 17.4. The predicted molar refractivity (Wildman–Crippen MR) is 130 cm³/mol. The van der Waals surface area contributed by atoms with Gasteiger partial charge in [0.2, 0.25) is 0 Å². The van der Waals surface area contributed by atoms with Gasteiger partial charge in [0.1, 0.15) is 11.5 Å². The lowest BCUT2D eigenvalue weighted by Gasteiger charge is -2.25. The van der Waals surface area contributed by atoms with Crippen molar-refractivity contribution in [1.82, 2.24) is 9.88 Å². The maximum atomic E-state index is 13.2. The number of aromatic amines is 1. The summed E-state index contributed by atoms with van der Waals surface area (Å²) >= 11 is 0. The number of nitrogens with one attached hydrogen (secondary N) is 1. The molecule has 1 saturated heterocycles. The Morgan fingerprint density at radius 2 is 1.68 bits per heavy atom. The highest BCUT2D eigenvalue weighted by molar-refractivity contribution is 6.46. The second-order valence-electron chi connectivity index (χ2n) is 8.24. The first-order valence-corrected chi connectivity index (χ1v) is 11.1. The van der Waals surface area contributed by atoms with Gasteiger partial charge < -0.3 is 19.7 Å². The molecule has 0 spiro atoms.